The Balaban J connectivity index is 2.46. The van der Waals surface area contributed by atoms with Gasteiger partial charge in [0, 0.05) is 11.9 Å². The van der Waals surface area contributed by atoms with Crippen LogP contribution >= 0.6 is 0 Å². The molecule has 0 radical (unpaired) electrons. The van der Waals surface area contributed by atoms with Crippen LogP contribution in [-0.2, 0) is 6.54 Å². The van der Waals surface area contributed by atoms with Gasteiger partial charge in [-0.1, -0.05) is 18.2 Å². The number of para-hydroxylation sites is 1. The van der Waals surface area contributed by atoms with Crippen LogP contribution in [0.25, 0.3) is 21.9 Å². The predicted molar refractivity (Wildman–Crippen MR) is 66.9 cm³/mol. The van der Waals surface area contributed by atoms with Crippen LogP contribution in [0.1, 0.15) is 5.82 Å². The summed E-state index contributed by atoms with van der Waals surface area (Å²) in [6.45, 7) is 2.63. The third-order valence-electron chi connectivity index (χ3n) is 2.99. The Morgan fingerprint density at radius 3 is 2.88 bits per heavy atom. The van der Waals surface area contributed by atoms with Crippen LogP contribution in [0.4, 0.5) is 0 Å². The van der Waals surface area contributed by atoms with E-state index in [1.807, 2.05) is 35.8 Å². The summed E-state index contributed by atoms with van der Waals surface area (Å²) in [6, 6.07) is 8.00. The number of aryl methyl sites for hydroxylation is 1. The second-order valence-electron chi connectivity index (χ2n) is 4.04. The highest BCUT2D eigenvalue weighted by molar-refractivity contribution is 6.02. The molecule has 2 aromatic heterocycles. The quantitative estimate of drug-likeness (QED) is 0.727. The molecule has 4 heteroatoms. The normalized spacial score (nSPS) is 11.4. The van der Waals surface area contributed by atoms with Gasteiger partial charge in [0.1, 0.15) is 11.3 Å². The summed E-state index contributed by atoms with van der Waals surface area (Å²) in [6.07, 6.45) is 1.79. The van der Waals surface area contributed by atoms with E-state index in [4.69, 9.17) is 5.11 Å². The van der Waals surface area contributed by atoms with Crippen molar-refractivity contribution in [3.05, 3.63) is 36.3 Å². The second-order valence-corrected chi connectivity index (χ2v) is 4.04. The Bertz CT molecular complexity index is 688. The number of hydrogen-bond acceptors (Lipinski definition) is 3. The maximum atomic E-state index is 9.13. The Morgan fingerprint density at radius 1 is 1.24 bits per heavy atom. The molecular weight excluding hydrogens is 214 g/mol. The molecule has 0 atom stereocenters. The molecule has 0 fully saturated rings. The van der Waals surface area contributed by atoms with E-state index in [2.05, 4.69) is 9.97 Å². The highest BCUT2D eigenvalue weighted by Crippen LogP contribution is 2.24. The Labute approximate surface area is 98.5 Å². The molecule has 0 amide bonds. The monoisotopic (exact) mass is 227 g/mol. The number of aromatic nitrogens is 3. The lowest BCUT2D eigenvalue weighted by atomic mass is 10.2. The van der Waals surface area contributed by atoms with Crippen molar-refractivity contribution in [3.8, 4) is 0 Å². The molecule has 2 heterocycles. The zero-order chi connectivity index (χ0) is 11.8. The van der Waals surface area contributed by atoms with Crippen LogP contribution in [0, 0.1) is 6.92 Å². The predicted octanol–water partition coefficient (Wildman–Crippen LogP) is 1.89. The van der Waals surface area contributed by atoms with Crippen molar-refractivity contribution in [3.63, 3.8) is 0 Å². The third kappa shape index (κ3) is 1.49. The minimum Gasteiger partial charge on any atom is -0.395 e. The SMILES string of the molecule is Cc1nc2cnc3ccccc3c2n1CCO. The summed E-state index contributed by atoms with van der Waals surface area (Å²) in [5.41, 5.74) is 2.90. The fourth-order valence-electron chi connectivity index (χ4n) is 2.25. The molecule has 0 aliphatic heterocycles. The van der Waals surface area contributed by atoms with Gasteiger partial charge >= 0.3 is 0 Å². The van der Waals surface area contributed by atoms with Crippen molar-refractivity contribution >= 4 is 21.9 Å². The van der Waals surface area contributed by atoms with E-state index < -0.39 is 0 Å². The number of benzene rings is 1. The summed E-state index contributed by atoms with van der Waals surface area (Å²) in [5.74, 6) is 0.909. The first-order chi connectivity index (χ1) is 8.31. The highest BCUT2D eigenvalue weighted by Gasteiger charge is 2.10. The molecule has 0 bridgehead atoms. The lowest BCUT2D eigenvalue weighted by Crippen LogP contribution is -2.04. The van der Waals surface area contributed by atoms with E-state index in [1.54, 1.807) is 6.20 Å². The first-order valence-electron chi connectivity index (χ1n) is 5.62. The van der Waals surface area contributed by atoms with Gasteiger partial charge in [0.05, 0.1) is 23.8 Å². The van der Waals surface area contributed by atoms with E-state index in [-0.39, 0.29) is 6.61 Å². The topological polar surface area (TPSA) is 50.9 Å². The summed E-state index contributed by atoms with van der Waals surface area (Å²) >= 11 is 0. The lowest BCUT2D eigenvalue weighted by Gasteiger charge is -2.06. The van der Waals surface area contributed by atoms with E-state index >= 15 is 0 Å². The van der Waals surface area contributed by atoms with E-state index in [0.717, 1.165) is 27.8 Å². The Morgan fingerprint density at radius 2 is 2.06 bits per heavy atom. The fraction of sp³-hybridized carbons (Fsp3) is 0.231. The molecule has 0 saturated carbocycles. The molecule has 0 unspecified atom stereocenters. The molecule has 0 spiro atoms. The molecule has 3 rings (SSSR count). The summed E-state index contributed by atoms with van der Waals surface area (Å²) < 4.78 is 2.04. The number of aliphatic hydroxyl groups is 1. The minimum atomic E-state index is 0.114. The summed E-state index contributed by atoms with van der Waals surface area (Å²) in [4.78, 5) is 8.86. The molecule has 0 aliphatic carbocycles. The molecule has 4 nitrogen and oxygen atoms in total. The highest BCUT2D eigenvalue weighted by atomic mass is 16.3. The summed E-state index contributed by atoms with van der Waals surface area (Å²) in [7, 11) is 0. The van der Waals surface area contributed by atoms with Gasteiger partial charge in [-0.25, -0.2) is 4.98 Å². The van der Waals surface area contributed by atoms with Gasteiger partial charge in [-0.15, -0.1) is 0 Å². The Kier molecular flexibility index (Phi) is 2.30. The third-order valence-corrected chi connectivity index (χ3v) is 2.99. The largest absolute Gasteiger partial charge is 0.395 e. The van der Waals surface area contributed by atoms with Crippen molar-refractivity contribution in [2.75, 3.05) is 6.61 Å². The molecular formula is C13H13N3O. The number of hydrogen-bond donors (Lipinski definition) is 1. The molecule has 0 aliphatic rings. The zero-order valence-electron chi connectivity index (χ0n) is 9.59. The molecule has 1 N–H and O–H groups in total. The molecule has 3 aromatic rings. The van der Waals surface area contributed by atoms with Gasteiger partial charge in [0.2, 0.25) is 0 Å². The number of fused-ring (bicyclic) bond motifs is 3. The lowest BCUT2D eigenvalue weighted by molar-refractivity contribution is 0.277. The number of rotatable bonds is 2. The molecule has 1 aromatic carbocycles. The summed E-state index contributed by atoms with van der Waals surface area (Å²) in [5, 5.41) is 10.2. The first kappa shape index (κ1) is 10.2. The maximum absolute atomic E-state index is 9.13. The average molecular weight is 227 g/mol. The van der Waals surface area contributed by atoms with Gasteiger partial charge < -0.3 is 9.67 Å². The zero-order valence-corrected chi connectivity index (χ0v) is 9.59. The molecule has 0 saturated heterocycles. The van der Waals surface area contributed by atoms with Gasteiger partial charge in [0.15, 0.2) is 0 Å². The van der Waals surface area contributed by atoms with E-state index in [9.17, 15) is 0 Å². The van der Waals surface area contributed by atoms with Crippen molar-refractivity contribution in [1.29, 1.82) is 0 Å². The van der Waals surface area contributed by atoms with Crippen LogP contribution in [-0.4, -0.2) is 26.2 Å². The fourth-order valence-corrected chi connectivity index (χ4v) is 2.25. The van der Waals surface area contributed by atoms with Crippen molar-refractivity contribution in [1.82, 2.24) is 14.5 Å². The minimum absolute atomic E-state index is 0.114. The number of pyridine rings is 1. The van der Waals surface area contributed by atoms with Gasteiger partial charge in [0.25, 0.3) is 0 Å². The van der Waals surface area contributed by atoms with Gasteiger partial charge in [-0.3, -0.25) is 4.98 Å². The first-order valence-corrected chi connectivity index (χ1v) is 5.62. The average Bonchev–Trinajstić information content (AvgIpc) is 2.67. The van der Waals surface area contributed by atoms with Crippen LogP contribution in [0.3, 0.4) is 0 Å². The van der Waals surface area contributed by atoms with Crippen LogP contribution in [0.2, 0.25) is 0 Å². The smallest absolute Gasteiger partial charge is 0.108 e. The van der Waals surface area contributed by atoms with Crippen LogP contribution in [0.15, 0.2) is 30.5 Å². The van der Waals surface area contributed by atoms with Crippen LogP contribution in [0.5, 0.6) is 0 Å². The van der Waals surface area contributed by atoms with E-state index in [1.165, 1.54) is 0 Å². The number of imidazole rings is 1. The van der Waals surface area contributed by atoms with Gasteiger partial charge in [-0.05, 0) is 13.0 Å². The van der Waals surface area contributed by atoms with Crippen LogP contribution < -0.4 is 0 Å². The second kappa shape index (κ2) is 3.82. The van der Waals surface area contributed by atoms with Gasteiger partial charge in [-0.2, -0.15) is 0 Å². The Hall–Kier alpha value is -1.94. The standard InChI is InChI=1S/C13H13N3O/c1-9-15-12-8-14-11-5-3-2-4-10(11)13(12)16(9)6-7-17/h2-5,8,17H,6-7H2,1H3. The molecule has 17 heavy (non-hydrogen) atoms. The number of nitrogens with zero attached hydrogens (tertiary/aromatic N) is 3. The van der Waals surface area contributed by atoms with Crippen molar-refractivity contribution in [2.24, 2.45) is 0 Å². The maximum Gasteiger partial charge on any atom is 0.108 e. The van der Waals surface area contributed by atoms with Crippen molar-refractivity contribution in [2.45, 2.75) is 13.5 Å². The van der Waals surface area contributed by atoms with E-state index in [0.29, 0.717) is 6.54 Å². The number of aliphatic hydroxyl groups excluding tert-OH is 1. The molecule has 86 valence electrons. The van der Waals surface area contributed by atoms with Crippen molar-refractivity contribution < 1.29 is 5.11 Å².